The number of carbonyl (C=O) groups excluding carboxylic acids is 1. The number of rotatable bonds is 4. The number of carbonyl (C=O) groups is 1. The largest absolute Gasteiger partial charge is 0.493 e. The number of nitrogens with one attached hydrogen (secondary N) is 1. The molecule has 0 unspecified atom stereocenters. The Bertz CT molecular complexity index is 907. The minimum absolute atomic E-state index is 0.000597. The van der Waals surface area contributed by atoms with Crippen LogP contribution in [0.15, 0.2) is 30.5 Å². The maximum Gasteiger partial charge on any atom is 0.257 e. The van der Waals surface area contributed by atoms with Gasteiger partial charge in [0.1, 0.15) is 5.82 Å². The number of anilines is 1. The van der Waals surface area contributed by atoms with Gasteiger partial charge in [0.25, 0.3) is 5.91 Å². The number of aromatic nitrogens is 1. The summed E-state index contributed by atoms with van der Waals surface area (Å²) in [6.07, 6.45) is 4.02. The molecule has 1 N–H and O–H groups in total. The highest BCUT2D eigenvalue weighted by molar-refractivity contribution is 5.98. The fraction of sp³-hybridized carbons (Fsp3) is 0.455. The number of fused-ring (bicyclic) bond motifs is 2. The van der Waals surface area contributed by atoms with Crippen LogP contribution in [0.2, 0.25) is 0 Å². The van der Waals surface area contributed by atoms with Crippen molar-refractivity contribution >= 4 is 11.7 Å². The zero-order valence-electron chi connectivity index (χ0n) is 17.2. The molecule has 0 atom stereocenters. The first-order valence-electron chi connectivity index (χ1n) is 9.93. The van der Waals surface area contributed by atoms with Crippen LogP contribution in [0.4, 0.5) is 5.82 Å². The number of methoxy groups -OCH3 is 2. The van der Waals surface area contributed by atoms with Crippen LogP contribution < -0.4 is 14.8 Å². The average molecular weight is 397 g/mol. The molecule has 2 aliphatic rings. The number of ether oxygens (including phenoxy) is 3. The van der Waals surface area contributed by atoms with Crippen LogP contribution in [0.1, 0.15) is 34.3 Å². The van der Waals surface area contributed by atoms with Gasteiger partial charge in [0.2, 0.25) is 0 Å². The summed E-state index contributed by atoms with van der Waals surface area (Å²) in [5, 5.41) is 3.00. The maximum absolute atomic E-state index is 13.0. The predicted octanol–water partition coefficient (Wildman–Crippen LogP) is 2.84. The number of amides is 1. The van der Waals surface area contributed by atoms with Crippen molar-refractivity contribution in [1.29, 1.82) is 0 Å². The quantitative estimate of drug-likeness (QED) is 0.855. The van der Waals surface area contributed by atoms with Crippen molar-refractivity contribution in [1.82, 2.24) is 9.88 Å². The zero-order chi connectivity index (χ0) is 20.4. The summed E-state index contributed by atoms with van der Waals surface area (Å²) < 4.78 is 17.3. The summed E-state index contributed by atoms with van der Waals surface area (Å²) in [5.74, 6) is 2.06. The SMILES string of the molecule is CNc1ncccc1C(=O)N1CCC2(CC1)OCCc1cc(OC)c(OC)cc12. The second-order valence-corrected chi connectivity index (χ2v) is 7.40. The molecule has 1 saturated heterocycles. The maximum atomic E-state index is 13.0. The molecule has 3 heterocycles. The molecule has 0 radical (unpaired) electrons. The number of nitrogens with zero attached hydrogens (tertiary/aromatic N) is 2. The Hall–Kier alpha value is -2.80. The molecule has 1 aromatic heterocycles. The van der Waals surface area contributed by atoms with Gasteiger partial charge in [-0.3, -0.25) is 4.79 Å². The molecule has 4 rings (SSSR count). The summed E-state index contributed by atoms with van der Waals surface area (Å²) in [4.78, 5) is 19.2. The fourth-order valence-corrected chi connectivity index (χ4v) is 4.42. The highest BCUT2D eigenvalue weighted by Crippen LogP contribution is 2.45. The predicted molar refractivity (Wildman–Crippen MR) is 110 cm³/mol. The Morgan fingerprint density at radius 2 is 1.93 bits per heavy atom. The van der Waals surface area contributed by atoms with Gasteiger partial charge in [0.15, 0.2) is 11.5 Å². The third kappa shape index (κ3) is 3.40. The molecule has 0 saturated carbocycles. The number of likely N-dealkylation sites (tertiary alicyclic amines) is 1. The van der Waals surface area contributed by atoms with Crippen LogP contribution in [0.25, 0.3) is 0 Å². The molecule has 1 amide bonds. The smallest absolute Gasteiger partial charge is 0.257 e. The van der Waals surface area contributed by atoms with E-state index in [9.17, 15) is 4.79 Å². The summed E-state index contributed by atoms with van der Waals surface area (Å²) in [7, 11) is 5.08. The molecule has 0 aliphatic carbocycles. The average Bonchev–Trinajstić information content (AvgIpc) is 2.78. The molecular weight excluding hydrogens is 370 g/mol. The van der Waals surface area contributed by atoms with Gasteiger partial charge >= 0.3 is 0 Å². The van der Waals surface area contributed by atoms with E-state index in [1.54, 1.807) is 33.5 Å². The Kier molecular flexibility index (Phi) is 5.32. The van der Waals surface area contributed by atoms with Gasteiger partial charge in [-0.25, -0.2) is 4.98 Å². The monoisotopic (exact) mass is 397 g/mol. The zero-order valence-corrected chi connectivity index (χ0v) is 17.2. The van der Waals surface area contributed by atoms with Crippen molar-refractivity contribution in [2.24, 2.45) is 0 Å². The number of piperidine rings is 1. The highest BCUT2D eigenvalue weighted by Gasteiger charge is 2.42. The third-order valence-electron chi connectivity index (χ3n) is 5.98. The van der Waals surface area contributed by atoms with Gasteiger partial charge in [-0.05, 0) is 54.7 Å². The Labute approximate surface area is 171 Å². The van der Waals surface area contributed by atoms with Gasteiger partial charge in [-0.15, -0.1) is 0 Å². The minimum Gasteiger partial charge on any atom is -0.493 e. The van der Waals surface area contributed by atoms with Gasteiger partial charge in [0.05, 0.1) is 32.0 Å². The van der Waals surface area contributed by atoms with Crippen molar-refractivity contribution in [2.45, 2.75) is 24.9 Å². The van der Waals surface area contributed by atoms with E-state index in [1.807, 2.05) is 17.0 Å². The number of hydrogen-bond acceptors (Lipinski definition) is 6. The number of benzene rings is 1. The van der Waals surface area contributed by atoms with Crippen LogP contribution in [0, 0.1) is 0 Å². The summed E-state index contributed by atoms with van der Waals surface area (Å²) in [5.41, 5.74) is 2.61. The molecule has 154 valence electrons. The second kappa shape index (κ2) is 7.91. The first kappa shape index (κ1) is 19.5. The molecular formula is C22H27N3O4. The summed E-state index contributed by atoms with van der Waals surface area (Å²) >= 11 is 0. The van der Waals surface area contributed by atoms with Crippen LogP contribution >= 0.6 is 0 Å². The van der Waals surface area contributed by atoms with E-state index < -0.39 is 0 Å². The van der Waals surface area contributed by atoms with Crippen molar-refractivity contribution < 1.29 is 19.0 Å². The molecule has 0 bridgehead atoms. The van der Waals surface area contributed by atoms with Crippen molar-refractivity contribution in [3.05, 3.63) is 47.2 Å². The lowest BCUT2D eigenvalue weighted by atomic mass is 9.79. The normalized spacial score (nSPS) is 17.6. The third-order valence-corrected chi connectivity index (χ3v) is 5.98. The Morgan fingerprint density at radius 1 is 1.21 bits per heavy atom. The lowest BCUT2D eigenvalue weighted by Gasteiger charge is -2.45. The molecule has 1 spiro atoms. The van der Waals surface area contributed by atoms with E-state index in [4.69, 9.17) is 14.2 Å². The van der Waals surface area contributed by atoms with Gasteiger partial charge < -0.3 is 24.4 Å². The number of pyridine rings is 1. The van der Waals surface area contributed by atoms with E-state index in [1.165, 1.54) is 5.56 Å². The van der Waals surface area contributed by atoms with Gasteiger partial charge in [-0.2, -0.15) is 0 Å². The molecule has 1 fully saturated rings. The lowest BCUT2D eigenvalue weighted by Crippen LogP contribution is -2.48. The summed E-state index contributed by atoms with van der Waals surface area (Å²) in [6.45, 7) is 1.93. The van der Waals surface area contributed by atoms with Crippen LogP contribution in [-0.4, -0.2) is 56.8 Å². The first-order chi connectivity index (χ1) is 14.1. The van der Waals surface area contributed by atoms with Crippen molar-refractivity contribution in [3.63, 3.8) is 0 Å². The van der Waals surface area contributed by atoms with Crippen LogP contribution in [0.3, 0.4) is 0 Å². The first-order valence-corrected chi connectivity index (χ1v) is 9.93. The highest BCUT2D eigenvalue weighted by atomic mass is 16.5. The molecule has 1 aromatic carbocycles. The second-order valence-electron chi connectivity index (χ2n) is 7.40. The number of hydrogen-bond donors (Lipinski definition) is 1. The minimum atomic E-state index is -0.384. The summed E-state index contributed by atoms with van der Waals surface area (Å²) in [6, 6.07) is 7.71. The van der Waals surface area contributed by atoms with Gasteiger partial charge in [-0.1, -0.05) is 0 Å². The van der Waals surface area contributed by atoms with Crippen LogP contribution in [0.5, 0.6) is 11.5 Å². The van der Waals surface area contributed by atoms with Crippen LogP contribution in [-0.2, 0) is 16.8 Å². The fourth-order valence-electron chi connectivity index (χ4n) is 4.42. The van der Waals surface area contributed by atoms with Crippen molar-refractivity contribution in [3.8, 4) is 11.5 Å². The van der Waals surface area contributed by atoms with E-state index in [-0.39, 0.29) is 11.5 Å². The molecule has 2 aromatic rings. The van der Waals surface area contributed by atoms with E-state index in [0.717, 1.165) is 30.6 Å². The Morgan fingerprint density at radius 3 is 2.62 bits per heavy atom. The topological polar surface area (TPSA) is 72.9 Å². The standard InChI is InChI=1S/C22H27N3O4/c1-23-20-16(5-4-9-24-20)21(26)25-10-7-22(8-11-25)17-14-19(28-3)18(27-2)13-15(17)6-12-29-22/h4-5,9,13-14H,6-8,10-12H2,1-3H3,(H,23,24). The molecule has 7 heteroatoms. The van der Waals surface area contributed by atoms with E-state index in [2.05, 4.69) is 16.4 Å². The molecule has 7 nitrogen and oxygen atoms in total. The van der Waals surface area contributed by atoms with E-state index in [0.29, 0.717) is 36.8 Å². The lowest BCUT2D eigenvalue weighted by molar-refractivity contribution is -0.0936. The molecule has 2 aliphatic heterocycles. The Balaban J connectivity index is 1.58. The molecule has 29 heavy (non-hydrogen) atoms. The van der Waals surface area contributed by atoms with E-state index >= 15 is 0 Å². The van der Waals surface area contributed by atoms with Crippen molar-refractivity contribution in [2.75, 3.05) is 46.3 Å². The van der Waals surface area contributed by atoms with Gasteiger partial charge in [0, 0.05) is 26.3 Å².